The molecule has 0 aliphatic carbocycles. The molecule has 0 aliphatic rings. The molecule has 1 heterocycles. The van der Waals surface area contributed by atoms with Gasteiger partial charge in [0.05, 0.1) is 11.4 Å². The molecule has 1 aromatic heterocycles. The Bertz CT molecular complexity index is 724. The molecule has 2 N–H and O–H groups in total. The van der Waals surface area contributed by atoms with Crippen LogP contribution in [0.4, 0.5) is 0 Å². The van der Waals surface area contributed by atoms with E-state index in [1.54, 1.807) is 12.1 Å². The number of hydrogen-bond acceptors (Lipinski definition) is 5. The fraction of sp³-hybridized carbons (Fsp3) is 0.357. The average molecular weight is 325 g/mol. The second-order valence-corrected chi connectivity index (χ2v) is 7.46. The monoisotopic (exact) mass is 325 g/mol. The Morgan fingerprint density at radius 2 is 2.00 bits per heavy atom. The molecule has 0 saturated heterocycles. The van der Waals surface area contributed by atoms with Crippen molar-refractivity contribution in [2.45, 2.75) is 31.8 Å². The van der Waals surface area contributed by atoms with E-state index in [1.807, 2.05) is 32.3 Å². The predicted molar refractivity (Wildman–Crippen MR) is 84.8 cm³/mol. The lowest BCUT2D eigenvalue weighted by Gasteiger charge is -2.12. The molecule has 114 valence electrons. The average Bonchev–Trinajstić information content (AvgIpc) is 2.85. The first kappa shape index (κ1) is 16.1. The highest BCUT2D eigenvalue weighted by Gasteiger charge is 2.18. The van der Waals surface area contributed by atoms with Crippen LogP contribution in [0.5, 0.6) is 0 Å². The van der Waals surface area contributed by atoms with E-state index < -0.39 is 10.0 Å². The highest BCUT2D eigenvalue weighted by molar-refractivity contribution is 7.89. The zero-order valence-corrected chi connectivity index (χ0v) is 13.9. The number of sulfonamides is 1. The number of aryl methyl sites for hydroxylation is 1. The molecule has 0 atom stereocenters. The number of rotatable bonds is 6. The molecule has 5 nitrogen and oxygen atoms in total. The van der Waals surface area contributed by atoms with Crippen LogP contribution in [0.25, 0.3) is 0 Å². The third-order valence-corrected chi connectivity index (χ3v) is 5.65. The van der Waals surface area contributed by atoms with E-state index >= 15 is 0 Å². The van der Waals surface area contributed by atoms with Crippen molar-refractivity contribution in [1.82, 2.24) is 15.0 Å². The Balaban J connectivity index is 2.21. The van der Waals surface area contributed by atoms with Gasteiger partial charge in [-0.05, 0) is 38.1 Å². The standard InChI is InChI=1S/C14H19N3O2S2/c1-10-9-20-14(17-10)8-16-21(18,19)13-6-4-5-12(7-15-3)11(13)2/h4-6,9,15-16H,7-8H2,1-3H3. The molecular weight excluding hydrogens is 306 g/mol. The van der Waals surface area contributed by atoms with Gasteiger partial charge < -0.3 is 5.32 Å². The molecule has 0 saturated carbocycles. The van der Waals surface area contributed by atoms with Crippen LogP contribution in [0.3, 0.4) is 0 Å². The van der Waals surface area contributed by atoms with Crippen LogP contribution < -0.4 is 10.0 Å². The van der Waals surface area contributed by atoms with E-state index in [4.69, 9.17) is 0 Å². The van der Waals surface area contributed by atoms with Crippen LogP contribution in [0.2, 0.25) is 0 Å². The lowest BCUT2D eigenvalue weighted by atomic mass is 10.1. The molecule has 2 rings (SSSR count). The van der Waals surface area contributed by atoms with Crippen molar-refractivity contribution in [2.75, 3.05) is 7.05 Å². The van der Waals surface area contributed by atoms with Gasteiger partial charge in [0.2, 0.25) is 10.0 Å². The van der Waals surface area contributed by atoms with Crippen LogP contribution in [0.1, 0.15) is 21.8 Å². The lowest BCUT2D eigenvalue weighted by Crippen LogP contribution is -2.24. The summed E-state index contributed by atoms with van der Waals surface area (Å²) in [6.07, 6.45) is 0. The summed E-state index contributed by atoms with van der Waals surface area (Å²) < 4.78 is 27.5. The van der Waals surface area contributed by atoms with E-state index in [2.05, 4.69) is 15.0 Å². The van der Waals surface area contributed by atoms with Crippen LogP contribution in [0.15, 0.2) is 28.5 Å². The molecule has 0 radical (unpaired) electrons. The van der Waals surface area contributed by atoms with Gasteiger partial charge in [-0.25, -0.2) is 18.1 Å². The molecule has 0 bridgehead atoms. The second-order valence-electron chi connectivity index (χ2n) is 4.78. The van der Waals surface area contributed by atoms with Crippen LogP contribution >= 0.6 is 11.3 Å². The predicted octanol–water partition coefficient (Wildman–Crippen LogP) is 1.96. The van der Waals surface area contributed by atoms with Crippen molar-refractivity contribution in [3.8, 4) is 0 Å². The summed E-state index contributed by atoms with van der Waals surface area (Å²) in [5, 5.41) is 5.71. The SMILES string of the molecule is CNCc1cccc(S(=O)(=O)NCc2nc(C)cs2)c1C. The first-order chi connectivity index (χ1) is 9.94. The molecule has 0 fully saturated rings. The Morgan fingerprint density at radius 3 is 2.62 bits per heavy atom. The van der Waals surface area contributed by atoms with E-state index in [-0.39, 0.29) is 6.54 Å². The molecule has 21 heavy (non-hydrogen) atoms. The largest absolute Gasteiger partial charge is 0.316 e. The van der Waals surface area contributed by atoms with Gasteiger partial charge in [0, 0.05) is 17.6 Å². The molecule has 0 amide bonds. The third-order valence-electron chi connectivity index (χ3n) is 3.13. The molecule has 0 unspecified atom stereocenters. The van der Waals surface area contributed by atoms with Crippen LogP contribution in [0, 0.1) is 13.8 Å². The number of hydrogen-bond donors (Lipinski definition) is 2. The van der Waals surface area contributed by atoms with Gasteiger partial charge in [0.1, 0.15) is 5.01 Å². The highest BCUT2D eigenvalue weighted by atomic mass is 32.2. The van der Waals surface area contributed by atoms with Crippen molar-refractivity contribution < 1.29 is 8.42 Å². The molecule has 0 aliphatic heterocycles. The van der Waals surface area contributed by atoms with Crippen molar-refractivity contribution in [1.29, 1.82) is 0 Å². The number of thiazole rings is 1. The highest BCUT2D eigenvalue weighted by Crippen LogP contribution is 2.19. The maximum atomic E-state index is 12.4. The number of benzene rings is 1. The summed E-state index contributed by atoms with van der Waals surface area (Å²) in [5.41, 5.74) is 2.65. The summed E-state index contributed by atoms with van der Waals surface area (Å²) >= 11 is 1.45. The minimum absolute atomic E-state index is 0.219. The molecule has 0 spiro atoms. The maximum absolute atomic E-state index is 12.4. The summed E-state index contributed by atoms with van der Waals surface area (Å²) in [4.78, 5) is 4.58. The quantitative estimate of drug-likeness (QED) is 0.852. The first-order valence-corrected chi connectivity index (χ1v) is 8.94. The number of aromatic nitrogens is 1. The van der Waals surface area contributed by atoms with E-state index in [0.717, 1.165) is 21.8 Å². The zero-order chi connectivity index (χ0) is 15.5. The van der Waals surface area contributed by atoms with E-state index in [0.29, 0.717) is 11.4 Å². The smallest absolute Gasteiger partial charge is 0.241 e. The normalized spacial score (nSPS) is 11.8. The van der Waals surface area contributed by atoms with Gasteiger partial charge in [0.25, 0.3) is 0 Å². The Labute approximate surface area is 129 Å². The minimum Gasteiger partial charge on any atom is -0.316 e. The fourth-order valence-electron chi connectivity index (χ4n) is 2.05. The van der Waals surface area contributed by atoms with Gasteiger partial charge in [-0.1, -0.05) is 12.1 Å². The maximum Gasteiger partial charge on any atom is 0.241 e. The molecular formula is C14H19N3O2S2. The summed E-state index contributed by atoms with van der Waals surface area (Å²) in [6.45, 7) is 4.58. The molecule has 7 heteroatoms. The summed E-state index contributed by atoms with van der Waals surface area (Å²) in [5.74, 6) is 0. The Morgan fingerprint density at radius 1 is 1.24 bits per heavy atom. The second kappa shape index (κ2) is 6.65. The third kappa shape index (κ3) is 3.88. The summed E-state index contributed by atoms with van der Waals surface area (Å²) in [6, 6.07) is 5.32. The Hall–Kier alpha value is -1.28. The van der Waals surface area contributed by atoms with Gasteiger partial charge in [-0.3, -0.25) is 0 Å². The van der Waals surface area contributed by atoms with Crippen molar-refractivity contribution in [2.24, 2.45) is 0 Å². The number of nitrogens with one attached hydrogen (secondary N) is 2. The van der Waals surface area contributed by atoms with Gasteiger partial charge in [-0.2, -0.15) is 0 Å². The van der Waals surface area contributed by atoms with Gasteiger partial charge in [0.15, 0.2) is 0 Å². The first-order valence-electron chi connectivity index (χ1n) is 6.58. The minimum atomic E-state index is -3.53. The van der Waals surface area contributed by atoms with E-state index in [9.17, 15) is 8.42 Å². The van der Waals surface area contributed by atoms with Gasteiger partial charge >= 0.3 is 0 Å². The lowest BCUT2D eigenvalue weighted by molar-refractivity contribution is 0.580. The van der Waals surface area contributed by atoms with Crippen LogP contribution in [-0.2, 0) is 23.1 Å². The van der Waals surface area contributed by atoms with Crippen molar-refractivity contribution in [3.05, 3.63) is 45.4 Å². The van der Waals surface area contributed by atoms with Crippen molar-refractivity contribution in [3.63, 3.8) is 0 Å². The van der Waals surface area contributed by atoms with Gasteiger partial charge in [-0.15, -0.1) is 11.3 Å². The van der Waals surface area contributed by atoms with Crippen molar-refractivity contribution >= 4 is 21.4 Å². The fourth-order valence-corrected chi connectivity index (χ4v) is 4.13. The van der Waals surface area contributed by atoms with E-state index in [1.165, 1.54) is 11.3 Å². The topological polar surface area (TPSA) is 71.1 Å². The molecule has 1 aromatic carbocycles. The molecule has 2 aromatic rings. The summed E-state index contributed by atoms with van der Waals surface area (Å²) in [7, 11) is -1.69. The van der Waals surface area contributed by atoms with Crippen LogP contribution in [-0.4, -0.2) is 20.4 Å². The Kier molecular flexibility index (Phi) is 5.10. The number of nitrogens with zero attached hydrogens (tertiary/aromatic N) is 1. The zero-order valence-electron chi connectivity index (χ0n) is 12.3.